The summed E-state index contributed by atoms with van der Waals surface area (Å²) in [4.78, 5) is 0. The monoisotopic (exact) mass is 265 g/mol. The van der Waals surface area contributed by atoms with E-state index in [0.29, 0.717) is 5.92 Å². The summed E-state index contributed by atoms with van der Waals surface area (Å²) in [5.74, 6) is 2.42. The van der Waals surface area contributed by atoms with Gasteiger partial charge < -0.3 is 10.1 Å². The Labute approximate surface area is 119 Å². The lowest BCUT2D eigenvalue weighted by Crippen LogP contribution is -2.11. The average Bonchev–Trinajstić information content (AvgIpc) is 2.90. The van der Waals surface area contributed by atoms with Crippen LogP contribution in [0.15, 0.2) is 48.5 Å². The van der Waals surface area contributed by atoms with Crippen molar-refractivity contribution >= 4 is 0 Å². The van der Waals surface area contributed by atoms with Crippen molar-refractivity contribution in [2.24, 2.45) is 5.92 Å². The first-order valence-corrected chi connectivity index (χ1v) is 7.45. The van der Waals surface area contributed by atoms with Gasteiger partial charge in [-0.3, -0.25) is 0 Å². The van der Waals surface area contributed by atoms with Crippen molar-refractivity contribution in [2.75, 3.05) is 19.7 Å². The molecule has 2 aromatic carbocycles. The van der Waals surface area contributed by atoms with E-state index in [-0.39, 0.29) is 0 Å². The molecule has 0 radical (unpaired) electrons. The summed E-state index contributed by atoms with van der Waals surface area (Å²) in [6, 6.07) is 17.3. The lowest BCUT2D eigenvalue weighted by Gasteiger charge is -2.17. The molecule has 2 aromatic rings. The molecule has 0 aliphatic carbocycles. The second-order valence-corrected chi connectivity index (χ2v) is 5.78. The Kier molecular flexibility index (Phi) is 2.96. The average molecular weight is 265 g/mol. The standard InChI is InChI=1S/C18H19NO/c1-2-4-13(5-3-1)14-6-7-18-16(10-14)17-12-19-11-15(17)8-9-20-18/h1-7,10,15,17,19H,8-9,11-12H2/t15-,17-/m0/s1. The molecule has 0 bridgehead atoms. The summed E-state index contributed by atoms with van der Waals surface area (Å²) in [5, 5.41) is 3.54. The van der Waals surface area contributed by atoms with Crippen molar-refractivity contribution in [2.45, 2.75) is 12.3 Å². The van der Waals surface area contributed by atoms with E-state index in [2.05, 4.69) is 53.8 Å². The Bertz CT molecular complexity index is 608. The minimum Gasteiger partial charge on any atom is -0.493 e. The molecular weight excluding hydrogens is 246 g/mol. The molecule has 1 fully saturated rings. The topological polar surface area (TPSA) is 21.3 Å². The number of benzene rings is 2. The normalized spacial score (nSPS) is 24.4. The number of nitrogens with one attached hydrogen (secondary N) is 1. The molecule has 2 nitrogen and oxygen atoms in total. The van der Waals surface area contributed by atoms with Crippen molar-refractivity contribution in [3.8, 4) is 16.9 Å². The third-order valence-electron chi connectivity index (χ3n) is 4.60. The van der Waals surface area contributed by atoms with Gasteiger partial charge in [0.15, 0.2) is 0 Å². The van der Waals surface area contributed by atoms with E-state index in [1.807, 2.05) is 0 Å². The molecular formula is C18H19NO. The van der Waals surface area contributed by atoms with Crippen LogP contribution in [0.1, 0.15) is 17.9 Å². The minimum atomic E-state index is 0.608. The molecule has 0 saturated carbocycles. The Balaban J connectivity index is 1.79. The van der Waals surface area contributed by atoms with Crippen molar-refractivity contribution in [1.29, 1.82) is 0 Å². The zero-order chi connectivity index (χ0) is 13.4. The lowest BCUT2D eigenvalue weighted by molar-refractivity contribution is 0.296. The van der Waals surface area contributed by atoms with Gasteiger partial charge in [0, 0.05) is 12.5 Å². The molecule has 2 heteroatoms. The first-order chi connectivity index (χ1) is 9.92. The van der Waals surface area contributed by atoms with Crippen LogP contribution in [0.3, 0.4) is 0 Å². The van der Waals surface area contributed by atoms with Gasteiger partial charge in [-0.15, -0.1) is 0 Å². The number of rotatable bonds is 1. The van der Waals surface area contributed by atoms with Gasteiger partial charge >= 0.3 is 0 Å². The number of hydrogen-bond donors (Lipinski definition) is 1. The van der Waals surface area contributed by atoms with Crippen LogP contribution in [0.5, 0.6) is 5.75 Å². The third-order valence-corrected chi connectivity index (χ3v) is 4.60. The molecule has 4 rings (SSSR count). The largest absolute Gasteiger partial charge is 0.493 e. The van der Waals surface area contributed by atoms with Gasteiger partial charge in [-0.25, -0.2) is 0 Å². The van der Waals surface area contributed by atoms with Crippen LogP contribution in [0, 0.1) is 5.92 Å². The van der Waals surface area contributed by atoms with E-state index in [1.54, 1.807) is 0 Å². The summed E-state index contributed by atoms with van der Waals surface area (Å²) in [6.07, 6.45) is 1.16. The van der Waals surface area contributed by atoms with Crippen LogP contribution < -0.4 is 10.1 Å². The van der Waals surface area contributed by atoms with Crippen LogP contribution in [-0.2, 0) is 0 Å². The molecule has 2 atom stereocenters. The number of ether oxygens (including phenoxy) is 1. The Morgan fingerprint density at radius 2 is 1.85 bits per heavy atom. The van der Waals surface area contributed by atoms with Gasteiger partial charge in [0.25, 0.3) is 0 Å². The maximum absolute atomic E-state index is 5.95. The quantitative estimate of drug-likeness (QED) is 0.853. The SMILES string of the molecule is c1ccc(-c2ccc3c(c2)[C@H]2CNC[C@@H]2CCO3)cc1. The van der Waals surface area contributed by atoms with Gasteiger partial charge in [-0.05, 0) is 47.7 Å². The molecule has 20 heavy (non-hydrogen) atoms. The molecule has 0 spiro atoms. The van der Waals surface area contributed by atoms with E-state index < -0.39 is 0 Å². The Hall–Kier alpha value is -1.80. The summed E-state index contributed by atoms with van der Waals surface area (Å²) in [6.45, 7) is 3.06. The number of fused-ring (bicyclic) bond motifs is 3. The summed E-state index contributed by atoms with van der Waals surface area (Å²) in [5.41, 5.74) is 3.96. The van der Waals surface area contributed by atoms with Gasteiger partial charge in [-0.1, -0.05) is 36.4 Å². The number of hydrogen-bond acceptors (Lipinski definition) is 2. The predicted molar refractivity (Wildman–Crippen MR) is 81.1 cm³/mol. The molecule has 102 valence electrons. The zero-order valence-corrected chi connectivity index (χ0v) is 11.5. The third kappa shape index (κ3) is 2.01. The first kappa shape index (κ1) is 12.0. The maximum atomic E-state index is 5.95. The van der Waals surface area contributed by atoms with Crippen LogP contribution in [0.25, 0.3) is 11.1 Å². The molecule has 2 aliphatic heterocycles. The summed E-state index contributed by atoms with van der Waals surface area (Å²) >= 11 is 0. The van der Waals surface area contributed by atoms with Crippen molar-refractivity contribution in [1.82, 2.24) is 5.32 Å². The molecule has 2 heterocycles. The molecule has 0 unspecified atom stereocenters. The van der Waals surface area contributed by atoms with Gasteiger partial charge in [0.05, 0.1) is 6.61 Å². The van der Waals surface area contributed by atoms with E-state index in [4.69, 9.17) is 4.74 Å². The van der Waals surface area contributed by atoms with E-state index in [0.717, 1.165) is 37.8 Å². The molecule has 0 aromatic heterocycles. The van der Waals surface area contributed by atoms with Gasteiger partial charge in [-0.2, -0.15) is 0 Å². The fourth-order valence-electron chi connectivity index (χ4n) is 3.50. The fraction of sp³-hybridized carbons (Fsp3) is 0.333. The predicted octanol–water partition coefficient (Wildman–Crippen LogP) is 3.44. The van der Waals surface area contributed by atoms with Crippen LogP contribution in [0.4, 0.5) is 0 Å². The molecule has 2 aliphatic rings. The molecule has 0 amide bonds. The highest BCUT2D eigenvalue weighted by Crippen LogP contribution is 2.40. The van der Waals surface area contributed by atoms with Crippen LogP contribution in [0.2, 0.25) is 0 Å². The minimum absolute atomic E-state index is 0.608. The van der Waals surface area contributed by atoms with Crippen LogP contribution >= 0.6 is 0 Å². The second-order valence-electron chi connectivity index (χ2n) is 5.78. The Morgan fingerprint density at radius 1 is 0.950 bits per heavy atom. The smallest absolute Gasteiger partial charge is 0.122 e. The molecule has 1 N–H and O–H groups in total. The molecule has 1 saturated heterocycles. The van der Waals surface area contributed by atoms with E-state index >= 15 is 0 Å². The van der Waals surface area contributed by atoms with Crippen molar-refractivity contribution < 1.29 is 4.74 Å². The maximum Gasteiger partial charge on any atom is 0.122 e. The zero-order valence-electron chi connectivity index (χ0n) is 11.5. The van der Waals surface area contributed by atoms with Crippen molar-refractivity contribution in [3.63, 3.8) is 0 Å². The highest BCUT2D eigenvalue weighted by Gasteiger charge is 2.32. The first-order valence-electron chi connectivity index (χ1n) is 7.45. The van der Waals surface area contributed by atoms with Crippen LogP contribution in [-0.4, -0.2) is 19.7 Å². The lowest BCUT2D eigenvalue weighted by atomic mass is 9.86. The summed E-state index contributed by atoms with van der Waals surface area (Å²) < 4.78 is 5.95. The van der Waals surface area contributed by atoms with Crippen molar-refractivity contribution in [3.05, 3.63) is 54.1 Å². The highest BCUT2D eigenvalue weighted by atomic mass is 16.5. The van der Waals surface area contributed by atoms with E-state index in [1.165, 1.54) is 16.7 Å². The second kappa shape index (κ2) is 4.95. The van der Waals surface area contributed by atoms with Gasteiger partial charge in [0.1, 0.15) is 5.75 Å². The summed E-state index contributed by atoms with van der Waals surface area (Å²) in [7, 11) is 0. The highest BCUT2D eigenvalue weighted by molar-refractivity contribution is 5.66. The Morgan fingerprint density at radius 3 is 2.75 bits per heavy atom. The fourth-order valence-corrected chi connectivity index (χ4v) is 3.50. The van der Waals surface area contributed by atoms with E-state index in [9.17, 15) is 0 Å². The van der Waals surface area contributed by atoms with Gasteiger partial charge in [0.2, 0.25) is 0 Å².